The summed E-state index contributed by atoms with van der Waals surface area (Å²) in [4.78, 5) is 8.46. The SMILES string of the molecule is CCCOCCOc1nc(C)cc(C(N)=S)n1. The molecule has 6 heteroatoms. The van der Waals surface area contributed by atoms with Gasteiger partial charge in [-0.2, -0.15) is 4.98 Å². The highest BCUT2D eigenvalue weighted by Gasteiger charge is 2.05. The summed E-state index contributed by atoms with van der Waals surface area (Å²) >= 11 is 4.86. The molecule has 1 aromatic heterocycles. The van der Waals surface area contributed by atoms with Crippen molar-refractivity contribution in [2.24, 2.45) is 5.73 Å². The Bertz CT molecular complexity index is 385. The van der Waals surface area contributed by atoms with Crippen molar-refractivity contribution in [1.29, 1.82) is 0 Å². The van der Waals surface area contributed by atoms with Gasteiger partial charge in [-0.25, -0.2) is 4.98 Å². The predicted molar refractivity (Wildman–Crippen MR) is 69.3 cm³/mol. The van der Waals surface area contributed by atoms with Crippen LogP contribution in [0.3, 0.4) is 0 Å². The lowest BCUT2D eigenvalue weighted by Gasteiger charge is -2.07. The van der Waals surface area contributed by atoms with Gasteiger partial charge in [0.1, 0.15) is 17.3 Å². The van der Waals surface area contributed by atoms with Crippen molar-refractivity contribution in [3.63, 3.8) is 0 Å². The first kappa shape index (κ1) is 13.8. The largest absolute Gasteiger partial charge is 0.461 e. The van der Waals surface area contributed by atoms with Crippen LogP contribution in [0, 0.1) is 6.92 Å². The minimum Gasteiger partial charge on any atom is -0.461 e. The molecule has 0 fully saturated rings. The summed E-state index contributed by atoms with van der Waals surface area (Å²) in [6, 6.07) is 2.01. The molecule has 0 aliphatic heterocycles. The van der Waals surface area contributed by atoms with Gasteiger partial charge in [0.15, 0.2) is 0 Å². The van der Waals surface area contributed by atoms with Crippen molar-refractivity contribution in [2.75, 3.05) is 19.8 Å². The molecular formula is C11H17N3O2S. The van der Waals surface area contributed by atoms with Gasteiger partial charge in [0.25, 0.3) is 0 Å². The molecule has 94 valence electrons. The van der Waals surface area contributed by atoms with Crippen LogP contribution in [-0.2, 0) is 4.74 Å². The number of nitrogens with zero attached hydrogens (tertiary/aromatic N) is 2. The van der Waals surface area contributed by atoms with Gasteiger partial charge in [0.05, 0.1) is 6.61 Å². The molecular weight excluding hydrogens is 238 g/mol. The average molecular weight is 255 g/mol. The Balaban J connectivity index is 2.50. The highest BCUT2D eigenvalue weighted by atomic mass is 32.1. The lowest BCUT2D eigenvalue weighted by atomic mass is 10.3. The molecule has 17 heavy (non-hydrogen) atoms. The maximum absolute atomic E-state index is 5.51. The van der Waals surface area contributed by atoms with Crippen LogP contribution in [0.2, 0.25) is 0 Å². The van der Waals surface area contributed by atoms with Crippen LogP contribution in [0.5, 0.6) is 6.01 Å². The molecule has 0 radical (unpaired) electrons. The van der Waals surface area contributed by atoms with E-state index in [4.69, 9.17) is 27.4 Å². The summed E-state index contributed by atoms with van der Waals surface area (Å²) in [5, 5.41) is 0. The first-order chi connectivity index (χ1) is 8.13. The molecule has 0 atom stereocenters. The van der Waals surface area contributed by atoms with Gasteiger partial charge in [0, 0.05) is 12.3 Å². The second kappa shape index (κ2) is 7.13. The van der Waals surface area contributed by atoms with Gasteiger partial charge in [-0.1, -0.05) is 19.1 Å². The third-order valence-electron chi connectivity index (χ3n) is 1.89. The zero-order chi connectivity index (χ0) is 12.7. The van der Waals surface area contributed by atoms with Gasteiger partial charge < -0.3 is 15.2 Å². The van der Waals surface area contributed by atoms with Crippen LogP contribution in [0.1, 0.15) is 24.7 Å². The minimum atomic E-state index is 0.239. The summed E-state index contributed by atoms with van der Waals surface area (Å²) in [6.07, 6.45) is 0.993. The highest BCUT2D eigenvalue weighted by Crippen LogP contribution is 2.06. The smallest absolute Gasteiger partial charge is 0.317 e. The van der Waals surface area contributed by atoms with Crippen molar-refractivity contribution in [2.45, 2.75) is 20.3 Å². The predicted octanol–water partition coefficient (Wildman–Crippen LogP) is 1.22. The molecule has 2 N–H and O–H groups in total. The van der Waals surface area contributed by atoms with E-state index in [1.165, 1.54) is 0 Å². The summed E-state index contributed by atoms with van der Waals surface area (Å²) in [6.45, 7) is 5.56. The van der Waals surface area contributed by atoms with Crippen LogP contribution < -0.4 is 10.5 Å². The maximum atomic E-state index is 5.51. The minimum absolute atomic E-state index is 0.239. The molecule has 0 aliphatic rings. The molecule has 1 aromatic rings. The lowest BCUT2D eigenvalue weighted by molar-refractivity contribution is 0.0971. The summed E-state index contributed by atoms with van der Waals surface area (Å²) in [5.41, 5.74) is 6.80. The van der Waals surface area contributed by atoms with E-state index in [9.17, 15) is 0 Å². The van der Waals surface area contributed by atoms with Gasteiger partial charge in [-0.3, -0.25) is 0 Å². The lowest BCUT2D eigenvalue weighted by Crippen LogP contribution is -2.15. The fourth-order valence-electron chi connectivity index (χ4n) is 1.17. The fourth-order valence-corrected chi connectivity index (χ4v) is 1.27. The molecule has 0 bridgehead atoms. The molecule has 5 nitrogen and oxygen atoms in total. The van der Waals surface area contributed by atoms with E-state index in [-0.39, 0.29) is 11.0 Å². The van der Waals surface area contributed by atoms with Crippen molar-refractivity contribution in [3.05, 3.63) is 17.5 Å². The third-order valence-corrected chi connectivity index (χ3v) is 2.10. The van der Waals surface area contributed by atoms with Gasteiger partial charge in [-0.05, 0) is 19.4 Å². The van der Waals surface area contributed by atoms with Crippen molar-refractivity contribution in [1.82, 2.24) is 9.97 Å². The van der Waals surface area contributed by atoms with Gasteiger partial charge >= 0.3 is 6.01 Å². The molecule has 1 heterocycles. The second-order valence-electron chi connectivity index (χ2n) is 3.50. The Morgan fingerprint density at radius 2 is 2.12 bits per heavy atom. The summed E-state index contributed by atoms with van der Waals surface area (Å²) in [5.74, 6) is 0. The number of ether oxygens (including phenoxy) is 2. The van der Waals surface area contributed by atoms with Crippen LogP contribution in [-0.4, -0.2) is 34.8 Å². The molecule has 0 unspecified atom stereocenters. The quantitative estimate of drug-likeness (QED) is 0.583. The number of aromatic nitrogens is 2. The Morgan fingerprint density at radius 1 is 1.35 bits per heavy atom. The maximum Gasteiger partial charge on any atom is 0.317 e. The normalized spacial score (nSPS) is 10.2. The topological polar surface area (TPSA) is 70.3 Å². The van der Waals surface area contributed by atoms with E-state index in [1.54, 1.807) is 6.07 Å². The highest BCUT2D eigenvalue weighted by molar-refractivity contribution is 7.80. The Labute approximate surface area is 106 Å². The average Bonchev–Trinajstić information content (AvgIpc) is 2.28. The van der Waals surface area contributed by atoms with E-state index in [1.807, 2.05) is 6.92 Å². The van der Waals surface area contributed by atoms with E-state index in [0.29, 0.717) is 18.9 Å². The number of nitrogens with two attached hydrogens (primary N) is 1. The standard InChI is InChI=1S/C11H17N3O2S/c1-3-4-15-5-6-16-11-13-8(2)7-9(14-11)10(12)17/h7H,3-6H2,1-2H3,(H2,12,17). The van der Waals surface area contributed by atoms with E-state index in [2.05, 4.69) is 16.9 Å². The van der Waals surface area contributed by atoms with E-state index < -0.39 is 0 Å². The fraction of sp³-hybridized carbons (Fsp3) is 0.545. The van der Waals surface area contributed by atoms with E-state index in [0.717, 1.165) is 18.7 Å². The first-order valence-electron chi connectivity index (χ1n) is 5.49. The van der Waals surface area contributed by atoms with Crippen molar-refractivity contribution in [3.8, 4) is 6.01 Å². The second-order valence-corrected chi connectivity index (χ2v) is 3.94. The number of hydrogen-bond donors (Lipinski definition) is 1. The van der Waals surface area contributed by atoms with Crippen LogP contribution in [0.4, 0.5) is 0 Å². The number of thiocarbonyl (C=S) groups is 1. The molecule has 0 aliphatic carbocycles. The zero-order valence-corrected chi connectivity index (χ0v) is 10.9. The first-order valence-corrected chi connectivity index (χ1v) is 5.90. The van der Waals surface area contributed by atoms with Crippen molar-refractivity contribution >= 4 is 17.2 Å². The van der Waals surface area contributed by atoms with Gasteiger partial charge in [0.2, 0.25) is 0 Å². The zero-order valence-electron chi connectivity index (χ0n) is 10.1. The Hall–Kier alpha value is -1.27. The van der Waals surface area contributed by atoms with Crippen molar-refractivity contribution < 1.29 is 9.47 Å². The third kappa shape index (κ3) is 5.06. The molecule has 0 amide bonds. The monoisotopic (exact) mass is 255 g/mol. The van der Waals surface area contributed by atoms with Crippen LogP contribution in [0.15, 0.2) is 6.07 Å². The molecule has 0 aromatic carbocycles. The number of aryl methyl sites for hydroxylation is 1. The van der Waals surface area contributed by atoms with Crippen LogP contribution in [0.25, 0.3) is 0 Å². The van der Waals surface area contributed by atoms with Gasteiger partial charge in [-0.15, -0.1) is 0 Å². The molecule has 0 saturated carbocycles. The number of hydrogen-bond acceptors (Lipinski definition) is 5. The Kier molecular flexibility index (Phi) is 5.79. The summed E-state index contributed by atoms with van der Waals surface area (Å²) in [7, 11) is 0. The molecule has 0 saturated heterocycles. The molecule has 0 spiro atoms. The summed E-state index contributed by atoms with van der Waals surface area (Å²) < 4.78 is 10.6. The number of rotatable bonds is 7. The van der Waals surface area contributed by atoms with E-state index >= 15 is 0 Å². The van der Waals surface area contributed by atoms with Crippen LogP contribution >= 0.6 is 12.2 Å². The molecule has 1 rings (SSSR count). The Morgan fingerprint density at radius 3 is 2.76 bits per heavy atom.